The van der Waals surface area contributed by atoms with E-state index in [4.69, 9.17) is 0 Å². The number of fused-ring (bicyclic) bond motifs is 1. The SMILES string of the molecule is CCC1CCCCN1C(=O)[C@H]1Cc2ccccc2CN1. The van der Waals surface area contributed by atoms with Gasteiger partial charge in [-0.2, -0.15) is 0 Å². The molecule has 20 heavy (non-hydrogen) atoms. The molecule has 1 saturated heterocycles. The van der Waals surface area contributed by atoms with E-state index in [0.717, 1.165) is 32.4 Å². The van der Waals surface area contributed by atoms with Crippen LogP contribution in [0.1, 0.15) is 43.7 Å². The van der Waals surface area contributed by atoms with Gasteiger partial charge in [0, 0.05) is 19.1 Å². The molecule has 0 spiro atoms. The number of likely N-dealkylation sites (tertiary alicyclic amines) is 1. The fourth-order valence-corrected chi connectivity index (χ4v) is 3.54. The maximum atomic E-state index is 12.8. The van der Waals surface area contributed by atoms with E-state index in [2.05, 4.69) is 41.4 Å². The molecule has 0 aromatic heterocycles. The summed E-state index contributed by atoms with van der Waals surface area (Å²) in [4.78, 5) is 14.9. The first-order valence-corrected chi connectivity index (χ1v) is 7.90. The van der Waals surface area contributed by atoms with Gasteiger partial charge in [-0.05, 0) is 43.2 Å². The van der Waals surface area contributed by atoms with Gasteiger partial charge in [0.1, 0.15) is 0 Å². The molecule has 2 atom stereocenters. The summed E-state index contributed by atoms with van der Waals surface area (Å²) >= 11 is 0. The van der Waals surface area contributed by atoms with Crippen LogP contribution in [0.15, 0.2) is 24.3 Å². The zero-order valence-electron chi connectivity index (χ0n) is 12.3. The lowest BCUT2D eigenvalue weighted by molar-refractivity contribution is -0.137. The molecule has 108 valence electrons. The Morgan fingerprint density at radius 2 is 2.10 bits per heavy atom. The maximum Gasteiger partial charge on any atom is 0.240 e. The minimum Gasteiger partial charge on any atom is -0.338 e. The molecule has 0 saturated carbocycles. The second-order valence-electron chi connectivity index (χ2n) is 6.00. The van der Waals surface area contributed by atoms with Crippen molar-refractivity contribution in [1.29, 1.82) is 0 Å². The second kappa shape index (κ2) is 5.96. The molecule has 2 aliphatic heterocycles. The quantitative estimate of drug-likeness (QED) is 0.897. The predicted molar refractivity (Wildman–Crippen MR) is 80.4 cm³/mol. The summed E-state index contributed by atoms with van der Waals surface area (Å²) in [6.07, 6.45) is 5.51. The molecule has 0 bridgehead atoms. The Bertz CT molecular complexity index is 486. The molecule has 1 aromatic carbocycles. The topological polar surface area (TPSA) is 32.3 Å². The molecular weight excluding hydrogens is 248 g/mol. The van der Waals surface area contributed by atoms with E-state index in [0.29, 0.717) is 11.9 Å². The molecule has 3 nitrogen and oxygen atoms in total. The van der Waals surface area contributed by atoms with Gasteiger partial charge in [0.15, 0.2) is 0 Å². The zero-order valence-corrected chi connectivity index (χ0v) is 12.3. The van der Waals surface area contributed by atoms with Crippen molar-refractivity contribution >= 4 is 5.91 Å². The Kier molecular flexibility index (Phi) is 4.06. The molecule has 2 heterocycles. The van der Waals surface area contributed by atoms with Crippen molar-refractivity contribution in [2.75, 3.05) is 6.54 Å². The minimum absolute atomic E-state index is 0.0305. The Morgan fingerprint density at radius 1 is 1.30 bits per heavy atom. The highest BCUT2D eigenvalue weighted by Crippen LogP contribution is 2.23. The number of hydrogen-bond acceptors (Lipinski definition) is 2. The summed E-state index contributed by atoms with van der Waals surface area (Å²) in [5, 5.41) is 3.43. The number of carbonyl (C=O) groups excluding carboxylic acids is 1. The molecular formula is C17H24N2O. The van der Waals surface area contributed by atoms with E-state index in [-0.39, 0.29) is 6.04 Å². The molecule has 2 aliphatic rings. The van der Waals surface area contributed by atoms with Crippen LogP contribution in [0.5, 0.6) is 0 Å². The summed E-state index contributed by atoms with van der Waals surface area (Å²) in [5.41, 5.74) is 2.66. The summed E-state index contributed by atoms with van der Waals surface area (Å²) in [6.45, 7) is 3.95. The third-order valence-corrected chi connectivity index (χ3v) is 4.76. The normalized spacial score (nSPS) is 26.1. The maximum absolute atomic E-state index is 12.8. The van der Waals surface area contributed by atoms with E-state index in [1.165, 1.54) is 24.0 Å². The smallest absolute Gasteiger partial charge is 0.240 e. The van der Waals surface area contributed by atoms with Gasteiger partial charge in [-0.15, -0.1) is 0 Å². The van der Waals surface area contributed by atoms with E-state index in [1.807, 2.05) is 0 Å². The first kappa shape index (κ1) is 13.6. The number of nitrogens with zero attached hydrogens (tertiary/aromatic N) is 1. The highest BCUT2D eigenvalue weighted by atomic mass is 16.2. The molecule has 1 aromatic rings. The average molecular weight is 272 g/mol. The number of hydrogen-bond donors (Lipinski definition) is 1. The molecule has 1 fully saturated rings. The molecule has 0 aliphatic carbocycles. The van der Waals surface area contributed by atoms with Gasteiger partial charge in [-0.25, -0.2) is 0 Å². The lowest BCUT2D eigenvalue weighted by atomic mass is 9.93. The molecule has 3 rings (SSSR count). The van der Waals surface area contributed by atoms with E-state index in [1.54, 1.807) is 0 Å². The number of piperidine rings is 1. The first-order chi connectivity index (χ1) is 9.79. The van der Waals surface area contributed by atoms with Crippen molar-refractivity contribution in [2.45, 2.75) is 57.7 Å². The van der Waals surface area contributed by atoms with Gasteiger partial charge in [-0.1, -0.05) is 31.2 Å². The second-order valence-corrected chi connectivity index (χ2v) is 6.00. The van der Waals surface area contributed by atoms with Gasteiger partial charge in [0.25, 0.3) is 0 Å². The van der Waals surface area contributed by atoms with Crippen LogP contribution < -0.4 is 5.32 Å². The highest BCUT2D eigenvalue weighted by molar-refractivity contribution is 5.83. The number of amides is 1. The summed E-state index contributed by atoms with van der Waals surface area (Å²) in [5.74, 6) is 0.311. The fraction of sp³-hybridized carbons (Fsp3) is 0.588. The lowest BCUT2D eigenvalue weighted by Gasteiger charge is -2.38. The number of carbonyl (C=O) groups is 1. The Hall–Kier alpha value is -1.35. The summed E-state index contributed by atoms with van der Waals surface area (Å²) in [7, 11) is 0. The van der Waals surface area contributed by atoms with Crippen LogP contribution in [0, 0.1) is 0 Å². The van der Waals surface area contributed by atoms with Crippen LogP contribution in [0.25, 0.3) is 0 Å². The fourth-order valence-electron chi connectivity index (χ4n) is 3.54. The van der Waals surface area contributed by atoms with Gasteiger partial charge >= 0.3 is 0 Å². The van der Waals surface area contributed by atoms with Gasteiger partial charge < -0.3 is 10.2 Å². The Labute approximate surface area is 121 Å². The van der Waals surface area contributed by atoms with E-state index >= 15 is 0 Å². The van der Waals surface area contributed by atoms with Crippen molar-refractivity contribution < 1.29 is 4.79 Å². The van der Waals surface area contributed by atoms with E-state index in [9.17, 15) is 4.79 Å². The number of nitrogens with one attached hydrogen (secondary N) is 1. The predicted octanol–water partition coefficient (Wildman–Crippen LogP) is 2.49. The van der Waals surface area contributed by atoms with Crippen LogP contribution in [0.4, 0.5) is 0 Å². The monoisotopic (exact) mass is 272 g/mol. The van der Waals surface area contributed by atoms with Crippen LogP contribution in [0.2, 0.25) is 0 Å². The molecule has 1 unspecified atom stereocenters. The summed E-state index contributed by atoms with van der Waals surface area (Å²) in [6, 6.07) is 8.87. The van der Waals surface area contributed by atoms with Crippen LogP contribution in [-0.2, 0) is 17.8 Å². The first-order valence-electron chi connectivity index (χ1n) is 7.90. The van der Waals surface area contributed by atoms with Crippen LogP contribution in [0.3, 0.4) is 0 Å². The van der Waals surface area contributed by atoms with Crippen molar-refractivity contribution in [2.24, 2.45) is 0 Å². The van der Waals surface area contributed by atoms with Crippen molar-refractivity contribution in [3.63, 3.8) is 0 Å². The van der Waals surface area contributed by atoms with Gasteiger partial charge in [0.2, 0.25) is 5.91 Å². The highest BCUT2D eigenvalue weighted by Gasteiger charge is 2.32. The summed E-state index contributed by atoms with van der Waals surface area (Å²) < 4.78 is 0. The lowest BCUT2D eigenvalue weighted by Crippen LogP contribution is -2.53. The van der Waals surface area contributed by atoms with Crippen LogP contribution in [-0.4, -0.2) is 29.4 Å². The molecule has 3 heteroatoms. The van der Waals surface area contributed by atoms with Crippen molar-refractivity contribution in [3.8, 4) is 0 Å². The standard InChI is InChI=1S/C17H24N2O/c1-2-15-9-5-6-10-19(15)17(20)16-11-13-7-3-4-8-14(13)12-18-16/h3-4,7-8,15-16,18H,2,5-6,9-12H2,1H3/t15?,16-/m1/s1. The van der Waals surface area contributed by atoms with Gasteiger partial charge in [-0.3, -0.25) is 4.79 Å². The number of benzene rings is 1. The van der Waals surface area contributed by atoms with Crippen LogP contribution >= 0.6 is 0 Å². The van der Waals surface area contributed by atoms with Crippen molar-refractivity contribution in [1.82, 2.24) is 10.2 Å². The zero-order chi connectivity index (χ0) is 13.9. The van der Waals surface area contributed by atoms with Gasteiger partial charge in [0.05, 0.1) is 6.04 Å². The minimum atomic E-state index is -0.0305. The number of rotatable bonds is 2. The third-order valence-electron chi connectivity index (χ3n) is 4.76. The largest absolute Gasteiger partial charge is 0.338 e. The average Bonchev–Trinajstić information content (AvgIpc) is 2.53. The van der Waals surface area contributed by atoms with E-state index < -0.39 is 0 Å². The molecule has 1 N–H and O–H groups in total. The molecule has 1 amide bonds. The third kappa shape index (κ3) is 2.59. The Morgan fingerprint density at radius 3 is 2.90 bits per heavy atom. The Balaban J connectivity index is 1.72. The van der Waals surface area contributed by atoms with Crippen molar-refractivity contribution in [3.05, 3.63) is 35.4 Å². The molecule has 0 radical (unpaired) electrons.